The van der Waals surface area contributed by atoms with Crippen LogP contribution in [0, 0.1) is 12.8 Å². The van der Waals surface area contributed by atoms with E-state index in [1.807, 2.05) is 19.1 Å². The molecule has 0 amide bonds. The number of benzene rings is 1. The lowest BCUT2D eigenvalue weighted by molar-refractivity contribution is 0.567. The van der Waals surface area contributed by atoms with Crippen molar-refractivity contribution in [3.8, 4) is 0 Å². The molecule has 1 heterocycles. The molecular weight excluding hydrogens is 425 g/mol. The van der Waals surface area contributed by atoms with E-state index in [9.17, 15) is 8.42 Å². The highest BCUT2D eigenvalue weighted by molar-refractivity contribution is 14.0. The summed E-state index contributed by atoms with van der Waals surface area (Å²) in [7, 11) is -2.82. The van der Waals surface area contributed by atoms with Gasteiger partial charge in [0.2, 0.25) is 0 Å². The van der Waals surface area contributed by atoms with Gasteiger partial charge in [-0.2, -0.15) is 0 Å². The minimum Gasteiger partial charge on any atom is -0.357 e. The molecule has 1 aliphatic heterocycles. The van der Waals surface area contributed by atoms with Crippen molar-refractivity contribution in [1.82, 2.24) is 10.6 Å². The molecule has 2 rings (SSSR count). The van der Waals surface area contributed by atoms with Crippen molar-refractivity contribution < 1.29 is 8.42 Å². The number of nitrogens with zero attached hydrogens (tertiary/aromatic N) is 1. The van der Waals surface area contributed by atoms with Crippen LogP contribution >= 0.6 is 24.0 Å². The van der Waals surface area contributed by atoms with E-state index in [0.29, 0.717) is 18.8 Å². The van der Waals surface area contributed by atoms with Crippen LogP contribution in [0.25, 0.3) is 0 Å². The van der Waals surface area contributed by atoms with E-state index in [2.05, 4.69) is 34.7 Å². The number of hydrogen-bond donors (Lipinski definition) is 2. The van der Waals surface area contributed by atoms with Crippen molar-refractivity contribution >= 4 is 39.8 Å². The summed E-state index contributed by atoms with van der Waals surface area (Å²) in [6, 6.07) is 8.19. The number of nitrogens with one attached hydrogen (secondary N) is 2. The number of sulfone groups is 1. The number of rotatable bonds is 5. The van der Waals surface area contributed by atoms with Crippen molar-refractivity contribution in [2.24, 2.45) is 10.9 Å². The number of aliphatic imine (C=N–C) groups is 1. The van der Waals surface area contributed by atoms with E-state index in [-0.39, 0.29) is 35.6 Å². The van der Waals surface area contributed by atoms with Crippen LogP contribution in [0.3, 0.4) is 0 Å². The van der Waals surface area contributed by atoms with Gasteiger partial charge in [-0.3, -0.25) is 0 Å². The van der Waals surface area contributed by atoms with Gasteiger partial charge in [0.15, 0.2) is 15.8 Å². The lowest BCUT2D eigenvalue weighted by Gasteiger charge is -2.14. The fourth-order valence-electron chi connectivity index (χ4n) is 2.57. The first-order chi connectivity index (χ1) is 10.5. The van der Waals surface area contributed by atoms with Gasteiger partial charge in [-0.1, -0.05) is 24.3 Å². The molecule has 0 aromatic heterocycles. The van der Waals surface area contributed by atoms with Crippen LogP contribution in [0.2, 0.25) is 0 Å². The molecule has 1 aromatic carbocycles. The molecule has 130 valence electrons. The van der Waals surface area contributed by atoms with Crippen molar-refractivity contribution in [2.45, 2.75) is 26.8 Å². The van der Waals surface area contributed by atoms with Crippen LogP contribution in [-0.4, -0.2) is 39.0 Å². The lowest BCUT2D eigenvalue weighted by atomic mass is 10.1. The van der Waals surface area contributed by atoms with E-state index in [1.54, 1.807) is 0 Å². The summed E-state index contributed by atoms with van der Waals surface area (Å²) in [4.78, 5) is 4.59. The van der Waals surface area contributed by atoms with Gasteiger partial charge in [-0.25, -0.2) is 13.4 Å². The molecule has 0 aliphatic carbocycles. The van der Waals surface area contributed by atoms with Crippen LogP contribution in [0.5, 0.6) is 0 Å². The average Bonchev–Trinajstić information content (AvgIpc) is 2.83. The molecule has 0 radical (unpaired) electrons. The van der Waals surface area contributed by atoms with Gasteiger partial charge in [0.1, 0.15) is 0 Å². The molecule has 23 heavy (non-hydrogen) atoms. The average molecular weight is 451 g/mol. The molecule has 1 aromatic rings. The Labute approximate surface area is 156 Å². The first-order valence-corrected chi connectivity index (χ1v) is 9.59. The first-order valence-electron chi connectivity index (χ1n) is 7.77. The first kappa shape index (κ1) is 20.2. The van der Waals surface area contributed by atoms with Crippen molar-refractivity contribution in [2.75, 3.05) is 24.6 Å². The Morgan fingerprint density at radius 3 is 2.65 bits per heavy atom. The number of hydrogen-bond acceptors (Lipinski definition) is 3. The van der Waals surface area contributed by atoms with Gasteiger partial charge in [-0.15, -0.1) is 24.0 Å². The van der Waals surface area contributed by atoms with Crippen LogP contribution in [0.1, 0.15) is 24.5 Å². The van der Waals surface area contributed by atoms with Crippen LogP contribution in [0.4, 0.5) is 0 Å². The zero-order valence-corrected chi connectivity index (χ0v) is 16.9. The molecule has 1 saturated heterocycles. The predicted molar refractivity (Wildman–Crippen MR) is 106 cm³/mol. The molecule has 0 saturated carbocycles. The maximum absolute atomic E-state index is 11.5. The molecule has 0 spiro atoms. The lowest BCUT2D eigenvalue weighted by Crippen LogP contribution is -2.40. The van der Waals surface area contributed by atoms with E-state index in [4.69, 9.17) is 0 Å². The second-order valence-electron chi connectivity index (χ2n) is 5.77. The molecule has 7 heteroatoms. The van der Waals surface area contributed by atoms with Crippen molar-refractivity contribution in [3.05, 3.63) is 35.4 Å². The van der Waals surface area contributed by atoms with Crippen LogP contribution in [0.15, 0.2) is 29.3 Å². The molecule has 1 unspecified atom stereocenters. The third kappa shape index (κ3) is 6.66. The summed E-state index contributed by atoms with van der Waals surface area (Å²) >= 11 is 0. The minimum atomic E-state index is -2.82. The van der Waals surface area contributed by atoms with Crippen molar-refractivity contribution in [1.29, 1.82) is 0 Å². The highest BCUT2D eigenvalue weighted by Crippen LogP contribution is 2.17. The SMILES string of the molecule is CCNC(=NCc1ccccc1C)NCC1CCS(=O)(=O)C1.I. The summed E-state index contributed by atoms with van der Waals surface area (Å²) < 4.78 is 23.0. The standard InChI is InChI=1S/C16H25N3O2S.HI/c1-3-17-16(18-10-14-8-9-22(20,21)12-14)19-11-15-7-5-4-6-13(15)2;/h4-7,14H,3,8-12H2,1-2H3,(H2,17,18,19);1H. The molecular formula is C16H26IN3O2S. The Morgan fingerprint density at radius 1 is 1.30 bits per heavy atom. The second-order valence-corrected chi connectivity index (χ2v) is 8.00. The summed E-state index contributed by atoms with van der Waals surface area (Å²) in [6.45, 7) is 6.14. The van der Waals surface area contributed by atoms with Gasteiger partial charge in [-0.05, 0) is 37.3 Å². The van der Waals surface area contributed by atoms with Gasteiger partial charge in [0.25, 0.3) is 0 Å². The Hall–Kier alpha value is -0.830. The van der Waals surface area contributed by atoms with Gasteiger partial charge < -0.3 is 10.6 Å². The van der Waals surface area contributed by atoms with E-state index < -0.39 is 9.84 Å². The molecule has 0 bridgehead atoms. The molecule has 1 aliphatic rings. The van der Waals surface area contributed by atoms with Crippen molar-refractivity contribution in [3.63, 3.8) is 0 Å². The Bertz CT molecular complexity index is 632. The molecule has 5 nitrogen and oxygen atoms in total. The maximum Gasteiger partial charge on any atom is 0.191 e. The summed E-state index contributed by atoms with van der Waals surface area (Å²) in [6.07, 6.45) is 0.743. The van der Waals surface area contributed by atoms with E-state index >= 15 is 0 Å². The fourth-order valence-corrected chi connectivity index (χ4v) is 4.43. The van der Waals surface area contributed by atoms with Gasteiger partial charge in [0, 0.05) is 13.1 Å². The highest BCUT2D eigenvalue weighted by Gasteiger charge is 2.27. The Morgan fingerprint density at radius 2 is 2.04 bits per heavy atom. The summed E-state index contributed by atoms with van der Waals surface area (Å²) in [5, 5.41) is 6.47. The predicted octanol–water partition coefficient (Wildman–Crippen LogP) is 2.10. The molecule has 1 atom stereocenters. The van der Waals surface area contributed by atoms with Crippen LogP contribution < -0.4 is 10.6 Å². The van der Waals surface area contributed by atoms with E-state index in [1.165, 1.54) is 11.1 Å². The molecule has 2 N–H and O–H groups in total. The number of aryl methyl sites for hydroxylation is 1. The summed E-state index contributed by atoms with van der Waals surface area (Å²) in [5.74, 6) is 1.54. The third-order valence-electron chi connectivity index (χ3n) is 3.90. The maximum atomic E-state index is 11.5. The quantitative estimate of drug-likeness (QED) is 0.409. The monoisotopic (exact) mass is 451 g/mol. The third-order valence-corrected chi connectivity index (χ3v) is 5.73. The summed E-state index contributed by atoms with van der Waals surface area (Å²) in [5.41, 5.74) is 2.42. The highest BCUT2D eigenvalue weighted by atomic mass is 127. The minimum absolute atomic E-state index is 0. The normalized spacial score (nSPS) is 19.9. The second kappa shape index (κ2) is 9.46. The van der Waals surface area contributed by atoms with Gasteiger partial charge >= 0.3 is 0 Å². The van der Waals surface area contributed by atoms with E-state index in [0.717, 1.165) is 18.9 Å². The Kier molecular flexibility index (Phi) is 8.32. The van der Waals surface area contributed by atoms with Gasteiger partial charge in [0.05, 0.1) is 18.1 Å². The topological polar surface area (TPSA) is 70.6 Å². The largest absolute Gasteiger partial charge is 0.357 e. The zero-order chi connectivity index (χ0) is 16.0. The molecule has 1 fully saturated rings. The zero-order valence-electron chi connectivity index (χ0n) is 13.7. The smallest absolute Gasteiger partial charge is 0.191 e. The fraction of sp³-hybridized carbons (Fsp3) is 0.562. The Balaban J connectivity index is 0.00000264. The number of guanidine groups is 1. The van der Waals surface area contributed by atoms with Crippen LogP contribution in [-0.2, 0) is 16.4 Å². The number of halogens is 1.